The van der Waals surface area contributed by atoms with Crippen LogP contribution in [0.2, 0.25) is 0 Å². The number of methoxy groups -OCH3 is 1. The van der Waals surface area contributed by atoms with Gasteiger partial charge in [-0.05, 0) is 19.6 Å². The van der Waals surface area contributed by atoms with Crippen molar-refractivity contribution in [3.63, 3.8) is 0 Å². The van der Waals surface area contributed by atoms with Gasteiger partial charge < -0.3 is 10.1 Å². The molecule has 2 aromatic heterocycles. The van der Waals surface area contributed by atoms with Crippen LogP contribution in [0.1, 0.15) is 31.9 Å². The third kappa shape index (κ3) is 2.68. The molecule has 8 nitrogen and oxygen atoms in total. The molecule has 9 heteroatoms. The van der Waals surface area contributed by atoms with Crippen LogP contribution < -0.4 is 5.32 Å². The Morgan fingerprint density at radius 2 is 2.25 bits per heavy atom. The quantitative estimate of drug-likeness (QED) is 0.654. The average Bonchev–Trinajstić information content (AvgIpc) is 3.25. The van der Waals surface area contributed by atoms with E-state index in [1.54, 1.807) is 10.9 Å². The van der Waals surface area contributed by atoms with Crippen LogP contribution in [0.25, 0.3) is 0 Å². The number of esters is 1. The first-order chi connectivity index (χ1) is 11.6. The predicted molar refractivity (Wildman–Crippen MR) is 90.8 cm³/mol. The monoisotopic (exact) mass is 348 g/mol. The van der Waals surface area contributed by atoms with Crippen LogP contribution in [0.4, 0.5) is 5.95 Å². The molecule has 0 bridgehead atoms. The van der Waals surface area contributed by atoms with Gasteiger partial charge in [-0.2, -0.15) is 10.1 Å². The molecule has 0 radical (unpaired) electrons. The molecule has 1 N–H and O–H groups in total. The molecule has 1 aliphatic heterocycles. The van der Waals surface area contributed by atoms with Crippen molar-refractivity contribution in [1.82, 2.24) is 24.5 Å². The van der Waals surface area contributed by atoms with Gasteiger partial charge in [-0.1, -0.05) is 18.7 Å². The molecule has 0 amide bonds. The third-order valence-corrected chi connectivity index (χ3v) is 4.49. The second kappa shape index (κ2) is 6.68. The van der Waals surface area contributed by atoms with E-state index < -0.39 is 6.04 Å². The van der Waals surface area contributed by atoms with E-state index in [2.05, 4.69) is 20.5 Å². The van der Waals surface area contributed by atoms with Gasteiger partial charge in [0.05, 0.1) is 18.9 Å². The summed E-state index contributed by atoms with van der Waals surface area (Å²) in [5.74, 6) is 0.249. The number of hydrogen-bond donors (Lipinski definition) is 1. The Kier molecular flexibility index (Phi) is 4.61. The van der Waals surface area contributed by atoms with Crippen LogP contribution in [0, 0.1) is 0 Å². The Morgan fingerprint density at radius 1 is 1.46 bits per heavy atom. The molecule has 1 aliphatic rings. The molecule has 0 aromatic carbocycles. The summed E-state index contributed by atoms with van der Waals surface area (Å²) in [5.41, 5.74) is 2.22. The summed E-state index contributed by atoms with van der Waals surface area (Å²) in [7, 11) is 1.39. The Hall–Kier alpha value is -2.29. The van der Waals surface area contributed by atoms with Crippen LogP contribution in [0.3, 0.4) is 0 Å². The summed E-state index contributed by atoms with van der Waals surface area (Å²) in [6, 6.07) is -0.405. The average molecular weight is 348 g/mol. The standard InChI is InChI=1S/C15H20N6O2S/c1-5-10-11(13(22)23-3)12(9-7-16-20(6-2)8-9)21-14(17-10)18-15(19-21)24-4/h7-8,12H,5-6H2,1-4H3,(H,17,18,19)/t12-/m1/s1. The normalized spacial score (nSPS) is 16.8. The van der Waals surface area contributed by atoms with E-state index in [1.807, 2.05) is 31.0 Å². The summed E-state index contributed by atoms with van der Waals surface area (Å²) >= 11 is 1.45. The lowest BCUT2D eigenvalue weighted by atomic mass is 9.97. The molecule has 0 aliphatic carbocycles. The van der Waals surface area contributed by atoms with Crippen molar-refractivity contribution in [2.45, 2.75) is 38.0 Å². The van der Waals surface area contributed by atoms with Crippen molar-refractivity contribution in [2.24, 2.45) is 0 Å². The summed E-state index contributed by atoms with van der Waals surface area (Å²) in [5, 5.41) is 12.7. The van der Waals surface area contributed by atoms with Crippen LogP contribution in [-0.4, -0.2) is 43.9 Å². The maximum Gasteiger partial charge on any atom is 0.338 e. The fourth-order valence-electron chi connectivity index (χ4n) is 2.77. The minimum atomic E-state index is -0.405. The minimum absolute atomic E-state index is 0.375. The molecule has 0 saturated heterocycles. The van der Waals surface area contributed by atoms with Gasteiger partial charge in [0.25, 0.3) is 0 Å². The fraction of sp³-hybridized carbons (Fsp3) is 0.467. The highest BCUT2D eigenvalue weighted by Gasteiger charge is 2.36. The van der Waals surface area contributed by atoms with Crippen molar-refractivity contribution in [2.75, 3.05) is 18.7 Å². The number of aromatic nitrogens is 5. The first-order valence-electron chi connectivity index (χ1n) is 7.74. The van der Waals surface area contributed by atoms with Crippen molar-refractivity contribution in [3.8, 4) is 0 Å². The molecule has 0 unspecified atom stereocenters. The van der Waals surface area contributed by atoms with Crippen molar-refractivity contribution < 1.29 is 9.53 Å². The van der Waals surface area contributed by atoms with Gasteiger partial charge in [-0.15, -0.1) is 5.10 Å². The summed E-state index contributed by atoms with van der Waals surface area (Å²) in [6.07, 6.45) is 6.27. The number of nitrogens with zero attached hydrogens (tertiary/aromatic N) is 5. The zero-order valence-electron chi connectivity index (χ0n) is 14.1. The topological polar surface area (TPSA) is 86.9 Å². The Balaban J connectivity index is 2.19. The van der Waals surface area contributed by atoms with Crippen molar-refractivity contribution in [3.05, 3.63) is 29.2 Å². The van der Waals surface area contributed by atoms with Crippen LogP contribution in [0.5, 0.6) is 0 Å². The summed E-state index contributed by atoms with van der Waals surface area (Å²) < 4.78 is 8.58. The van der Waals surface area contributed by atoms with Gasteiger partial charge in [0, 0.05) is 24.0 Å². The second-order valence-electron chi connectivity index (χ2n) is 5.26. The Morgan fingerprint density at radius 3 is 2.83 bits per heavy atom. The maximum absolute atomic E-state index is 12.5. The van der Waals surface area contributed by atoms with Crippen LogP contribution >= 0.6 is 11.8 Å². The van der Waals surface area contributed by atoms with E-state index in [0.29, 0.717) is 23.1 Å². The van der Waals surface area contributed by atoms with E-state index in [4.69, 9.17) is 4.74 Å². The molecule has 0 saturated carbocycles. The second-order valence-corrected chi connectivity index (χ2v) is 6.03. The Bertz CT molecular complexity index is 794. The number of fused-ring (bicyclic) bond motifs is 1. The smallest absolute Gasteiger partial charge is 0.338 e. The maximum atomic E-state index is 12.5. The van der Waals surface area contributed by atoms with E-state index in [0.717, 1.165) is 17.8 Å². The lowest BCUT2D eigenvalue weighted by Crippen LogP contribution is -2.29. The number of hydrogen-bond acceptors (Lipinski definition) is 7. The van der Waals surface area contributed by atoms with Crippen molar-refractivity contribution in [1.29, 1.82) is 0 Å². The minimum Gasteiger partial charge on any atom is -0.466 e. The molecule has 3 heterocycles. The lowest BCUT2D eigenvalue weighted by Gasteiger charge is -2.27. The lowest BCUT2D eigenvalue weighted by molar-refractivity contribution is -0.136. The van der Waals surface area contributed by atoms with Gasteiger partial charge in [0.1, 0.15) is 6.04 Å². The highest BCUT2D eigenvalue weighted by molar-refractivity contribution is 7.98. The first kappa shape index (κ1) is 16.6. The van der Waals surface area contributed by atoms with Gasteiger partial charge in [0.2, 0.25) is 11.1 Å². The molecular formula is C15H20N6O2S. The van der Waals surface area contributed by atoms with E-state index >= 15 is 0 Å². The number of carbonyl (C=O) groups excluding carboxylic acids is 1. The Labute approximate surface area is 144 Å². The van der Waals surface area contributed by atoms with Gasteiger partial charge in [-0.3, -0.25) is 4.68 Å². The number of allylic oxidation sites excluding steroid dienone is 1. The van der Waals surface area contributed by atoms with E-state index in [1.165, 1.54) is 18.9 Å². The number of anilines is 1. The molecule has 0 spiro atoms. The van der Waals surface area contributed by atoms with E-state index in [-0.39, 0.29) is 5.97 Å². The number of nitrogens with one attached hydrogen (secondary N) is 1. The predicted octanol–water partition coefficient (Wildman–Crippen LogP) is 2.07. The molecule has 24 heavy (non-hydrogen) atoms. The number of rotatable bonds is 5. The first-order valence-corrected chi connectivity index (χ1v) is 8.96. The van der Waals surface area contributed by atoms with Crippen molar-refractivity contribution >= 4 is 23.7 Å². The number of aryl methyl sites for hydroxylation is 1. The van der Waals surface area contributed by atoms with Crippen LogP contribution in [0.15, 0.2) is 28.8 Å². The van der Waals surface area contributed by atoms with Gasteiger partial charge in [0.15, 0.2) is 0 Å². The van der Waals surface area contributed by atoms with Gasteiger partial charge >= 0.3 is 5.97 Å². The molecule has 128 valence electrons. The summed E-state index contributed by atoms with van der Waals surface area (Å²) in [6.45, 7) is 4.75. The molecule has 3 rings (SSSR count). The zero-order chi connectivity index (χ0) is 17.3. The zero-order valence-corrected chi connectivity index (χ0v) is 14.9. The largest absolute Gasteiger partial charge is 0.466 e. The van der Waals surface area contributed by atoms with E-state index in [9.17, 15) is 4.79 Å². The number of carbonyl (C=O) groups is 1. The molecule has 0 fully saturated rings. The molecule has 1 atom stereocenters. The molecular weight excluding hydrogens is 328 g/mol. The number of thioether (sulfide) groups is 1. The van der Waals surface area contributed by atoms with Crippen LogP contribution in [-0.2, 0) is 16.1 Å². The summed E-state index contributed by atoms with van der Waals surface area (Å²) in [4.78, 5) is 16.9. The highest BCUT2D eigenvalue weighted by atomic mass is 32.2. The number of ether oxygens (including phenoxy) is 1. The fourth-order valence-corrected chi connectivity index (χ4v) is 3.12. The highest BCUT2D eigenvalue weighted by Crippen LogP contribution is 2.37. The molecule has 2 aromatic rings. The third-order valence-electron chi connectivity index (χ3n) is 3.95. The SMILES string of the molecule is CCC1=C(C(=O)OC)[C@@H](c2cnn(CC)c2)n2nc(SC)nc2N1. The van der Waals surface area contributed by atoms with Gasteiger partial charge in [-0.25, -0.2) is 9.48 Å².